The van der Waals surface area contributed by atoms with E-state index in [1.807, 2.05) is 0 Å². The topological polar surface area (TPSA) is 0 Å². The van der Waals surface area contributed by atoms with Crippen LogP contribution in [-0.2, 0) is 6.42 Å². The second kappa shape index (κ2) is 6.19. The Morgan fingerprint density at radius 2 is 1.32 bits per heavy atom. The molecule has 0 heterocycles. The summed E-state index contributed by atoms with van der Waals surface area (Å²) in [6.45, 7) is 6.38. The molecule has 0 amide bonds. The van der Waals surface area contributed by atoms with Crippen molar-refractivity contribution < 1.29 is 0 Å². The highest BCUT2D eigenvalue weighted by Crippen LogP contribution is 2.27. The molecular weight excluding hydrogens is 264 g/mol. The Hall–Kier alpha value is -2.34. The lowest BCUT2D eigenvalue weighted by Gasteiger charge is -2.11. The van der Waals surface area contributed by atoms with Gasteiger partial charge < -0.3 is 0 Å². The predicted molar refractivity (Wildman–Crippen MR) is 97.3 cm³/mol. The number of aryl methyl sites for hydroxylation is 3. The average Bonchev–Trinajstić information content (AvgIpc) is 2.47. The van der Waals surface area contributed by atoms with Gasteiger partial charge in [-0.3, -0.25) is 0 Å². The maximum absolute atomic E-state index is 2.23. The molecule has 0 bridgehead atoms. The first-order valence-electron chi connectivity index (χ1n) is 7.85. The SMILES string of the molecule is C1=Cc2cccc3cccc(c23)C1.Cc1cc(C)cc(C)c1. The summed E-state index contributed by atoms with van der Waals surface area (Å²) < 4.78 is 0. The van der Waals surface area contributed by atoms with Crippen molar-refractivity contribution in [3.05, 3.63) is 88.5 Å². The highest BCUT2D eigenvalue weighted by Gasteiger charge is 2.06. The molecule has 0 saturated heterocycles. The Bertz CT molecular complexity index is 782. The van der Waals surface area contributed by atoms with Crippen molar-refractivity contribution in [1.29, 1.82) is 0 Å². The van der Waals surface area contributed by atoms with E-state index in [4.69, 9.17) is 0 Å². The van der Waals surface area contributed by atoms with Crippen molar-refractivity contribution in [3.63, 3.8) is 0 Å². The molecule has 3 aromatic carbocycles. The Kier molecular flexibility index (Phi) is 4.11. The van der Waals surface area contributed by atoms with Crippen LogP contribution in [0, 0.1) is 20.8 Å². The normalized spacial score (nSPS) is 12.0. The number of hydrogen-bond donors (Lipinski definition) is 0. The van der Waals surface area contributed by atoms with Gasteiger partial charge in [0.25, 0.3) is 0 Å². The number of benzene rings is 3. The second-order valence-corrected chi connectivity index (χ2v) is 6.13. The first kappa shape index (κ1) is 14.6. The molecule has 0 aliphatic heterocycles. The van der Waals surface area contributed by atoms with Crippen LogP contribution in [-0.4, -0.2) is 0 Å². The molecule has 1 aliphatic carbocycles. The van der Waals surface area contributed by atoms with Crippen LogP contribution in [0.2, 0.25) is 0 Å². The van der Waals surface area contributed by atoms with Gasteiger partial charge in [-0.05, 0) is 49.1 Å². The van der Waals surface area contributed by atoms with Crippen LogP contribution in [0.1, 0.15) is 27.8 Å². The van der Waals surface area contributed by atoms with E-state index in [0.717, 1.165) is 6.42 Å². The fourth-order valence-corrected chi connectivity index (χ4v) is 3.27. The summed E-state index contributed by atoms with van der Waals surface area (Å²) in [4.78, 5) is 0. The molecule has 0 fully saturated rings. The molecule has 0 saturated carbocycles. The molecule has 0 radical (unpaired) electrons. The van der Waals surface area contributed by atoms with Crippen molar-refractivity contribution >= 4 is 16.8 Å². The fourth-order valence-electron chi connectivity index (χ4n) is 3.27. The van der Waals surface area contributed by atoms with Gasteiger partial charge in [-0.2, -0.15) is 0 Å². The van der Waals surface area contributed by atoms with Crippen LogP contribution in [0.15, 0.2) is 60.7 Å². The molecule has 0 heteroatoms. The highest BCUT2D eigenvalue weighted by atomic mass is 14.1. The summed E-state index contributed by atoms with van der Waals surface area (Å²) >= 11 is 0. The minimum Gasteiger partial charge on any atom is -0.0795 e. The maximum atomic E-state index is 2.23. The Morgan fingerprint density at radius 1 is 0.727 bits per heavy atom. The molecular formula is C22H22. The van der Waals surface area contributed by atoms with Crippen molar-refractivity contribution in [2.75, 3.05) is 0 Å². The van der Waals surface area contributed by atoms with E-state index in [-0.39, 0.29) is 0 Å². The summed E-state index contributed by atoms with van der Waals surface area (Å²) in [6, 6.07) is 19.6. The van der Waals surface area contributed by atoms with E-state index in [9.17, 15) is 0 Å². The first-order chi connectivity index (χ1) is 10.6. The zero-order valence-corrected chi connectivity index (χ0v) is 13.6. The van der Waals surface area contributed by atoms with Gasteiger partial charge in [0, 0.05) is 0 Å². The Balaban J connectivity index is 0.000000142. The largest absolute Gasteiger partial charge is 0.0795 e. The smallest absolute Gasteiger partial charge is 0.00763 e. The standard InChI is InChI=1S/C13H10.C9H12/c1-4-10-6-2-8-12-9-3-7-11(5-1)13(10)12;1-7-4-8(2)6-9(3)5-7/h1-8H,9H2;4-6H,1-3H3. The van der Waals surface area contributed by atoms with Gasteiger partial charge in [0.15, 0.2) is 0 Å². The van der Waals surface area contributed by atoms with Gasteiger partial charge in [0.2, 0.25) is 0 Å². The summed E-state index contributed by atoms with van der Waals surface area (Å²) in [5, 5.41) is 2.80. The third-order valence-electron chi connectivity index (χ3n) is 4.02. The second-order valence-electron chi connectivity index (χ2n) is 6.13. The molecule has 0 atom stereocenters. The van der Waals surface area contributed by atoms with E-state index in [1.54, 1.807) is 0 Å². The summed E-state index contributed by atoms with van der Waals surface area (Å²) in [7, 11) is 0. The van der Waals surface area contributed by atoms with Gasteiger partial charge in [-0.1, -0.05) is 83.4 Å². The van der Waals surface area contributed by atoms with Crippen LogP contribution in [0.25, 0.3) is 16.8 Å². The lowest BCUT2D eigenvalue weighted by atomic mass is 9.93. The van der Waals surface area contributed by atoms with Crippen LogP contribution in [0.3, 0.4) is 0 Å². The van der Waals surface area contributed by atoms with Crippen LogP contribution >= 0.6 is 0 Å². The summed E-state index contributed by atoms with van der Waals surface area (Å²) in [5.74, 6) is 0. The van der Waals surface area contributed by atoms with Gasteiger partial charge in [0.05, 0.1) is 0 Å². The van der Waals surface area contributed by atoms with Crippen molar-refractivity contribution in [3.8, 4) is 0 Å². The van der Waals surface area contributed by atoms with E-state index >= 15 is 0 Å². The summed E-state index contributed by atoms with van der Waals surface area (Å²) in [5.41, 5.74) is 6.88. The monoisotopic (exact) mass is 286 g/mol. The minimum atomic E-state index is 1.08. The first-order valence-corrected chi connectivity index (χ1v) is 7.85. The molecule has 0 N–H and O–H groups in total. The molecule has 110 valence electrons. The Labute approximate surface area is 133 Å². The van der Waals surface area contributed by atoms with Crippen LogP contribution in [0.5, 0.6) is 0 Å². The number of rotatable bonds is 0. The zero-order chi connectivity index (χ0) is 15.5. The number of allylic oxidation sites excluding steroid dienone is 1. The summed E-state index contributed by atoms with van der Waals surface area (Å²) in [6.07, 6.45) is 5.53. The fraction of sp³-hybridized carbons (Fsp3) is 0.182. The van der Waals surface area contributed by atoms with Gasteiger partial charge in [-0.15, -0.1) is 0 Å². The average molecular weight is 286 g/mol. The van der Waals surface area contributed by atoms with Gasteiger partial charge in [0.1, 0.15) is 0 Å². The molecule has 0 aromatic heterocycles. The van der Waals surface area contributed by atoms with Crippen LogP contribution in [0.4, 0.5) is 0 Å². The van der Waals surface area contributed by atoms with E-state index in [0.29, 0.717) is 0 Å². The third kappa shape index (κ3) is 3.12. The molecule has 0 unspecified atom stereocenters. The molecule has 0 nitrogen and oxygen atoms in total. The quantitative estimate of drug-likeness (QED) is 0.474. The van der Waals surface area contributed by atoms with E-state index in [1.165, 1.54) is 38.6 Å². The number of hydrogen-bond acceptors (Lipinski definition) is 0. The lowest BCUT2D eigenvalue weighted by Crippen LogP contribution is -1.91. The molecule has 22 heavy (non-hydrogen) atoms. The van der Waals surface area contributed by atoms with Crippen LogP contribution < -0.4 is 0 Å². The third-order valence-corrected chi connectivity index (χ3v) is 4.02. The van der Waals surface area contributed by atoms with Gasteiger partial charge in [-0.25, -0.2) is 0 Å². The molecule has 4 rings (SSSR count). The van der Waals surface area contributed by atoms with Crippen molar-refractivity contribution in [2.24, 2.45) is 0 Å². The zero-order valence-electron chi connectivity index (χ0n) is 13.6. The predicted octanol–water partition coefficient (Wildman–Crippen LogP) is 6.02. The molecule has 3 aromatic rings. The van der Waals surface area contributed by atoms with Gasteiger partial charge >= 0.3 is 0 Å². The van der Waals surface area contributed by atoms with E-state index in [2.05, 4.69) is 87.5 Å². The maximum Gasteiger partial charge on any atom is -0.00763 e. The van der Waals surface area contributed by atoms with Crippen molar-refractivity contribution in [2.45, 2.75) is 27.2 Å². The molecule has 1 aliphatic rings. The Morgan fingerprint density at radius 3 is 1.95 bits per heavy atom. The molecule has 0 spiro atoms. The highest BCUT2D eigenvalue weighted by molar-refractivity contribution is 5.94. The minimum absolute atomic E-state index is 1.08. The van der Waals surface area contributed by atoms with Crippen molar-refractivity contribution in [1.82, 2.24) is 0 Å². The van der Waals surface area contributed by atoms with E-state index < -0.39 is 0 Å². The lowest BCUT2D eigenvalue weighted by molar-refractivity contribution is 1.29.